The zero-order valence-corrected chi connectivity index (χ0v) is 19.7. The number of alkyl carbamates (subject to hydrolysis) is 1. The summed E-state index contributed by atoms with van der Waals surface area (Å²) in [6.45, 7) is 5.13. The summed E-state index contributed by atoms with van der Waals surface area (Å²) in [4.78, 5) is 36.4. The number of hydrogen-bond donors (Lipinski definition) is 3. The number of methoxy groups -OCH3 is 1. The minimum atomic E-state index is -0.984. The van der Waals surface area contributed by atoms with E-state index in [2.05, 4.69) is 36.6 Å². The summed E-state index contributed by atoms with van der Waals surface area (Å²) < 4.78 is 24.8. The van der Waals surface area contributed by atoms with Gasteiger partial charge in [-0.25, -0.2) is 14.0 Å². The van der Waals surface area contributed by atoms with E-state index in [9.17, 15) is 18.8 Å². The molecule has 2 rings (SSSR count). The van der Waals surface area contributed by atoms with Crippen molar-refractivity contribution in [1.29, 1.82) is 0 Å². The summed E-state index contributed by atoms with van der Waals surface area (Å²) in [5.41, 5.74) is 0.102. The SMILES string of the molecule is COC(=O)Nc1ccc(NC(=O)[C@H](Cc2ccc(Br)cc2)NC(=O)OC(C)(C)C)cc1F. The Balaban J connectivity index is 2.17. The second-order valence-electron chi connectivity index (χ2n) is 7.83. The molecule has 3 N–H and O–H groups in total. The smallest absolute Gasteiger partial charge is 0.411 e. The maximum absolute atomic E-state index is 14.3. The lowest BCUT2D eigenvalue weighted by Crippen LogP contribution is -2.47. The fourth-order valence-corrected chi connectivity index (χ4v) is 2.86. The van der Waals surface area contributed by atoms with Gasteiger partial charge in [0.1, 0.15) is 17.5 Å². The number of anilines is 2. The van der Waals surface area contributed by atoms with E-state index in [1.54, 1.807) is 20.8 Å². The number of carbonyl (C=O) groups excluding carboxylic acids is 3. The molecule has 8 nitrogen and oxygen atoms in total. The van der Waals surface area contributed by atoms with E-state index in [4.69, 9.17) is 4.74 Å². The molecule has 10 heteroatoms. The second kappa shape index (κ2) is 10.9. The first kappa shape index (κ1) is 25.1. The van der Waals surface area contributed by atoms with Crippen LogP contribution in [0.3, 0.4) is 0 Å². The highest BCUT2D eigenvalue weighted by Gasteiger charge is 2.25. The summed E-state index contributed by atoms with van der Waals surface area (Å²) in [6, 6.07) is 10.0. The topological polar surface area (TPSA) is 106 Å². The van der Waals surface area contributed by atoms with Crippen LogP contribution in [-0.2, 0) is 20.7 Å². The van der Waals surface area contributed by atoms with Crippen molar-refractivity contribution in [2.45, 2.75) is 38.8 Å². The fraction of sp³-hybridized carbons (Fsp3) is 0.318. The van der Waals surface area contributed by atoms with Crippen LogP contribution in [0, 0.1) is 5.82 Å². The van der Waals surface area contributed by atoms with Gasteiger partial charge in [0.2, 0.25) is 5.91 Å². The second-order valence-corrected chi connectivity index (χ2v) is 8.75. The van der Waals surface area contributed by atoms with Crippen LogP contribution < -0.4 is 16.0 Å². The number of nitrogens with one attached hydrogen (secondary N) is 3. The molecule has 0 saturated carbocycles. The van der Waals surface area contributed by atoms with Crippen molar-refractivity contribution in [3.63, 3.8) is 0 Å². The van der Waals surface area contributed by atoms with Crippen molar-refractivity contribution in [3.8, 4) is 0 Å². The van der Waals surface area contributed by atoms with Crippen molar-refractivity contribution < 1.29 is 28.2 Å². The molecular weight excluding hydrogens is 485 g/mol. The molecule has 32 heavy (non-hydrogen) atoms. The molecule has 0 aliphatic carbocycles. The standard InChI is InChI=1S/C22H25BrFN3O5/c1-22(2,3)32-21(30)27-18(11-13-5-7-14(23)8-6-13)19(28)25-15-9-10-17(16(24)12-15)26-20(29)31-4/h5-10,12,18H,11H2,1-4H3,(H,25,28)(H,26,29)(H,27,30)/t18-/m0/s1. The molecule has 0 aromatic heterocycles. The van der Waals surface area contributed by atoms with E-state index >= 15 is 0 Å². The van der Waals surface area contributed by atoms with E-state index in [1.807, 2.05) is 24.3 Å². The predicted molar refractivity (Wildman–Crippen MR) is 122 cm³/mol. The Bertz CT molecular complexity index is 977. The first-order valence-electron chi connectivity index (χ1n) is 9.66. The van der Waals surface area contributed by atoms with Gasteiger partial charge in [0, 0.05) is 16.6 Å². The Labute approximate surface area is 194 Å². The number of amides is 3. The molecule has 0 fully saturated rings. The summed E-state index contributed by atoms with van der Waals surface area (Å²) in [5, 5.41) is 7.36. The summed E-state index contributed by atoms with van der Waals surface area (Å²) in [7, 11) is 1.16. The van der Waals surface area contributed by atoms with Crippen LogP contribution in [0.15, 0.2) is 46.9 Å². The number of benzene rings is 2. The molecule has 2 aromatic carbocycles. The van der Waals surface area contributed by atoms with Gasteiger partial charge in [-0.3, -0.25) is 10.1 Å². The van der Waals surface area contributed by atoms with Crippen molar-refractivity contribution in [2.24, 2.45) is 0 Å². The highest BCUT2D eigenvalue weighted by Crippen LogP contribution is 2.20. The zero-order chi connectivity index (χ0) is 23.9. The minimum Gasteiger partial charge on any atom is -0.453 e. The van der Waals surface area contributed by atoms with Gasteiger partial charge < -0.3 is 20.1 Å². The number of ether oxygens (including phenoxy) is 2. The lowest BCUT2D eigenvalue weighted by atomic mass is 10.1. The van der Waals surface area contributed by atoms with Crippen molar-refractivity contribution in [1.82, 2.24) is 5.32 Å². The normalized spacial score (nSPS) is 11.8. The molecule has 3 amide bonds. The average molecular weight is 510 g/mol. The molecule has 2 aromatic rings. The van der Waals surface area contributed by atoms with Gasteiger partial charge in [0.15, 0.2) is 0 Å². The van der Waals surface area contributed by atoms with Gasteiger partial charge in [-0.15, -0.1) is 0 Å². The highest BCUT2D eigenvalue weighted by atomic mass is 79.9. The molecule has 0 heterocycles. The van der Waals surface area contributed by atoms with Gasteiger partial charge in [-0.1, -0.05) is 28.1 Å². The van der Waals surface area contributed by atoms with Gasteiger partial charge in [-0.2, -0.15) is 0 Å². The van der Waals surface area contributed by atoms with E-state index in [1.165, 1.54) is 12.1 Å². The summed E-state index contributed by atoms with van der Waals surface area (Å²) >= 11 is 3.35. The molecular formula is C22H25BrFN3O5. The Kier molecular flexibility index (Phi) is 8.59. The van der Waals surface area contributed by atoms with Gasteiger partial charge in [-0.05, 0) is 56.7 Å². The molecule has 172 valence electrons. The fourth-order valence-electron chi connectivity index (χ4n) is 2.60. The zero-order valence-electron chi connectivity index (χ0n) is 18.1. The Morgan fingerprint density at radius 2 is 1.69 bits per heavy atom. The molecule has 1 atom stereocenters. The van der Waals surface area contributed by atoms with Crippen molar-refractivity contribution >= 4 is 45.4 Å². The summed E-state index contributed by atoms with van der Waals surface area (Å²) in [6.07, 6.45) is -1.39. The minimum absolute atomic E-state index is 0.104. The first-order valence-corrected chi connectivity index (χ1v) is 10.5. The maximum atomic E-state index is 14.3. The Morgan fingerprint density at radius 1 is 1.03 bits per heavy atom. The Morgan fingerprint density at radius 3 is 2.25 bits per heavy atom. The van der Waals surface area contributed by atoms with E-state index in [0.29, 0.717) is 0 Å². The maximum Gasteiger partial charge on any atom is 0.411 e. The van der Waals surface area contributed by atoms with Crippen LogP contribution in [0.25, 0.3) is 0 Å². The van der Waals surface area contributed by atoms with E-state index in [0.717, 1.165) is 23.2 Å². The average Bonchev–Trinajstić information content (AvgIpc) is 2.69. The monoisotopic (exact) mass is 509 g/mol. The molecule has 0 aliphatic rings. The molecule has 0 aliphatic heterocycles. The van der Waals surface area contributed by atoms with Crippen LogP contribution in [0.4, 0.5) is 25.4 Å². The lowest BCUT2D eigenvalue weighted by molar-refractivity contribution is -0.118. The lowest BCUT2D eigenvalue weighted by Gasteiger charge is -2.23. The third-order valence-electron chi connectivity index (χ3n) is 4.02. The third-order valence-corrected chi connectivity index (χ3v) is 4.55. The van der Waals surface area contributed by atoms with Crippen LogP contribution in [0.1, 0.15) is 26.3 Å². The quantitative estimate of drug-likeness (QED) is 0.516. The van der Waals surface area contributed by atoms with E-state index in [-0.39, 0.29) is 17.8 Å². The van der Waals surface area contributed by atoms with Crippen LogP contribution in [0.5, 0.6) is 0 Å². The first-order chi connectivity index (χ1) is 15.0. The van der Waals surface area contributed by atoms with Crippen LogP contribution in [-0.4, -0.2) is 36.8 Å². The highest BCUT2D eigenvalue weighted by molar-refractivity contribution is 9.10. The number of halogens is 2. The third kappa shape index (κ3) is 8.18. The van der Waals surface area contributed by atoms with Crippen molar-refractivity contribution in [3.05, 3.63) is 58.3 Å². The molecule has 0 spiro atoms. The van der Waals surface area contributed by atoms with Crippen LogP contribution in [0.2, 0.25) is 0 Å². The summed E-state index contributed by atoms with van der Waals surface area (Å²) in [5.74, 6) is -1.33. The van der Waals surface area contributed by atoms with Gasteiger partial charge in [0.05, 0.1) is 12.8 Å². The number of rotatable bonds is 6. The predicted octanol–water partition coefficient (Wildman–Crippen LogP) is 4.84. The Hall–Kier alpha value is -3.14. The number of hydrogen-bond acceptors (Lipinski definition) is 5. The van der Waals surface area contributed by atoms with Crippen LogP contribution >= 0.6 is 15.9 Å². The molecule has 0 bridgehead atoms. The van der Waals surface area contributed by atoms with Gasteiger partial charge in [0.25, 0.3) is 0 Å². The van der Waals surface area contributed by atoms with Gasteiger partial charge >= 0.3 is 12.2 Å². The largest absolute Gasteiger partial charge is 0.453 e. The van der Waals surface area contributed by atoms with Crippen molar-refractivity contribution in [2.75, 3.05) is 17.7 Å². The number of carbonyl (C=O) groups is 3. The van der Waals surface area contributed by atoms with E-state index < -0.39 is 35.6 Å². The molecule has 0 radical (unpaired) electrons. The molecule has 0 unspecified atom stereocenters. The molecule has 0 saturated heterocycles.